The van der Waals surface area contributed by atoms with Crippen LogP contribution < -0.4 is 10.4 Å². The van der Waals surface area contributed by atoms with Gasteiger partial charge in [0.25, 0.3) is 0 Å². The lowest BCUT2D eigenvalue weighted by molar-refractivity contribution is -0.384. The summed E-state index contributed by atoms with van der Waals surface area (Å²) in [7, 11) is 0. The number of carbonyl (C=O) groups is 3. The first kappa shape index (κ1) is 50.7. The van der Waals surface area contributed by atoms with E-state index in [1.165, 1.54) is 114 Å². The fraction of sp³-hybridized carbons (Fsp3) is 0.485. The normalized spacial score (nSPS) is 53.0. The minimum absolute atomic E-state index is 0.0268. The highest BCUT2D eigenvalue weighted by Gasteiger charge is 2.89. The number of hydrogen-bond acceptors (Lipinski definition) is 3. The summed E-state index contributed by atoms with van der Waals surface area (Å²) in [6.07, 6.45) is 20.8. The molecule has 0 aliphatic heterocycles. The van der Waals surface area contributed by atoms with Crippen molar-refractivity contribution in [1.29, 1.82) is 0 Å². The molecule has 0 saturated heterocycles. The summed E-state index contributed by atoms with van der Waals surface area (Å²) in [6, 6.07) is 13.2. The Morgan fingerprint density at radius 1 is 0.358 bits per heavy atom. The molecule has 12 aromatic rings. The predicted octanol–water partition coefficient (Wildman–Crippen LogP) is 18.3. The van der Waals surface area contributed by atoms with Crippen molar-refractivity contribution in [2.24, 2.45) is 225 Å². The minimum atomic E-state index is -0.941. The standard InChI is InChI=1S/C103H70O6/c104-101(105)35-15-32-33-16-36(102(106)107)40-34-17-37(103(108)109)39-31-14-12-29-28-11-13-30-38(35)58-55(32)75-76-56(33)60(40)80-77-57(34)59(39)79-74-54(31)52(29)72-71-51(28)53(30)73-78(58)98-90-68-48-25-8-5-20-18-1-2-19-21-6-9-27-24-7-10-26-23-4-3-22(25)43-44(23)66-69-50(26)47(24)67-70-49(27)46(21)64-62-42(19)41(18)61-63(45(20)48)85(90)93(73)88(71)81(61)82(62)89(72)94(74)86(64)91(70)99(79)97(77)87(67)92(69)100(80)96(76)84(66)83(65(43)68)95(75)98/h3-4,7-10,15-21,28-31,35,38,41-42,45-46,48-49,51-54,58-59,61-64,68,70-74,78-79,81-82,85-86,88-89,93-94H,1-2,5-6,11-14H2,(H,104,105)(H,106,107)(H,108,109)/t18-,19+,20+,21-,28-,29+,30+,31-,35?,38?,41+,42-,45-,46+,48?,49-,51+,52-,53-,54+,58?,59?,61-,62+,63+,64-,68?,70?,71-,72+,73+,74-,78?,79+,81+,82-,85-,86+,88-,89+,93+,94-/m0/s1/i102+2. The van der Waals surface area contributed by atoms with Gasteiger partial charge >= 0.3 is 17.9 Å². The Balaban J connectivity index is 0.878. The smallest absolute Gasteiger partial charge is 0.336 e. The van der Waals surface area contributed by atoms with Gasteiger partial charge in [0, 0.05) is 28.5 Å². The van der Waals surface area contributed by atoms with Crippen molar-refractivity contribution in [3.63, 3.8) is 0 Å². The van der Waals surface area contributed by atoms with Crippen molar-refractivity contribution in [1.82, 2.24) is 0 Å². The number of hydrogen-bond donors (Lipinski definition) is 3. The van der Waals surface area contributed by atoms with Gasteiger partial charge in [-0.15, -0.1) is 0 Å². The summed E-state index contributed by atoms with van der Waals surface area (Å²) in [5, 5.41) is 72.1. The molecule has 0 spiro atoms. The Kier molecular flexibility index (Phi) is 6.39. The minimum Gasteiger partial charge on any atom is -0.481 e. The lowest BCUT2D eigenvalue weighted by Gasteiger charge is -2.88. The quantitative estimate of drug-likeness (QED) is 0.120. The van der Waals surface area contributed by atoms with Crippen LogP contribution in [-0.2, 0) is 9.59 Å². The zero-order valence-corrected chi connectivity index (χ0v) is 59.7. The van der Waals surface area contributed by atoms with Gasteiger partial charge in [0.1, 0.15) is 0 Å². The fourth-order valence-corrected chi connectivity index (χ4v) is 48.0. The van der Waals surface area contributed by atoms with Crippen LogP contribution in [0.3, 0.4) is 0 Å². The molecule has 0 heterocycles. The van der Waals surface area contributed by atoms with Crippen LogP contribution in [0.4, 0.5) is 0 Å². The summed E-state index contributed by atoms with van der Waals surface area (Å²) in [6.45, 7) is 0. The van der Waals surface area contributed by atoms with Crippen molar-refractivity contribution in [2.75, 3.05) is 0 Å². The Labute approximate surface area is 621 Å². The number of aliphatic carboxylic acids is 2. The third-order valence-electron chi connectivity index (χ3n) is 46.5. The third kappa shape index (κ3) is 3.79. The maximum atomic E-state index is 15.8. The lowest BCUT2D eigenvalue weighted by Crippen LogP contribution is -2.84. The van der Waals surface area contributed by atoms with Gasteiger partial charge in [0.05, 0.1) is 17.1 Å². The van der Waals surface area contributed by atoms with Gasteiger partial charge in [-0.25, -0.2) is 9.59 Å². The molecule has 12 aromatic carbocycles. The van der Waals surface area contributed by atoms with Gasteiger partial charge in [-0.05, 0) is 479 Å². The topological polar surface area (TPSA) is 112 Å². The molecule has 0 amide bonds. The maximum Gasteiger partial charge on any atom is 0.336 e. The molecule has 6 heteroatoms. The Morgan fingerprint density at radius 3 is 1.41 bits per heavy atom. The van der Waals surface area contributed by atoms with Crippen molar-refractivity contribution in [3.8, 4) is 0 Å². The van der Waals surface area contributed by atoms with Crippen molar-refractivity contribution >= 4 is 171 Å². The van der Waals surface area contributed by atoms with Crippen LogP contribution in [0.1, 0.15) is 130 Å². The summed E-state index contributed by atoms with van der Waals surface area (Å²) >= 11 is 0. The van der Waals surface area contributed by atoms with Crippen LogP contribution >= 0.6 is 0 Å². The van der Waals surface area contributed by atoms with Crippen molar-refractivity contribution in [2.45, 2.75) is 75.0 Å². The van der Waals surface area contributed by atoms with Gasteiger partial charge in [-0.1, -0.05) is 53.6 Å². The Hall–Kier alpha value is -8.09. The summed E-state index contributed by atoms with van der Waals surface area (Å²) < 4.78 is 0. The molecular weight excluding hydrogens is 1340 g/mol. The van der Waals surface area contributed by atoms with E-state index in [1.807, 2.05) is 16.7 Å². The first-order valence-corrected chi connectivity index (χ1v) is 44.9. The largest absolute Gasteiger partial charge is 0.481 e. The predicted molar refractivity (Wildman–Crippen MR) is 414 cm³/mol. The van der Waals surface area contributed by atoms with E-state index < -0.39 is 23.8 Å². The average Bonchev–Trinajstić information content (AvgIpc) is 0.600. The zero-order chi connectivity index (χ0) is 67.7. The molecule has 41 rings (SSSR count). The van der Waals surface area contributed by atoms with Gasteiger partial charge in [0.2, 0.25) is 0 Å². The monoisotopic (exact) mass is 1400 g/mol. The number of aromatic carboxylic acids is 1. The molecule has 0 radical (unpaired) electrons. The molecular formula is C103H70O6. The number of rotatable bonds is 3. The molecule has 8 unspecified atom stereocenters. The van der Waals surface area contributed by atoms with E-state index in [-0.39, 0.29) is 41.4 Å². The molecule has 29 aliphatic rings. The highest BCUT2D eigenvalue weighted by molar-refractivity contribution is 6.60. The van der Waals surface area contributed by atoms with E-state index in [1.54, 1.807) is 93.2 Å². The van der Waals surface area contributed by atoms with Gasteiger partial charge in [0.15, 0.2) is 0 Å². The molecule has 109 heavy (non-hydrogen) atoms. The van der Waals surface area contributed by atoms with E-state index >= 15 is 14.4 Å². The molecule has 518 valence electrons. The van der Waals surface area contributed by atoms with E-state index in [0.29, 0.717) is 159 Å². The van der Waals surface area contributed by atoms with Crippen LogP contribution in [-0.4, -0.2) is 33.2 Å². The Bertz CT molecular complexity index is 7670. The molecule has 16 fully saturated rings. The molecule has 42 atom stereocenters. The first-order valence-electron chi connectivity index (χ1n) is 44.9. The fourth-order valence-electron chi connectivity index (χ4n) is 48.0. The molecule has 29 aliphatic carbocycles. The summed E-state index contributed by atoms with van der Waals surface area (Å²) in [5.74, 6) is 18.8. The van der Waals surface area contributed by atoms with Crippen LogP contribution in [0.2, 0.25) is 0 Å². The number of carboxylic acid groups (broad SMARTS) is 3. The van der Waals surface area contributed by atoms with Crippen LogP contribution in [0.25, 0.3) is 153 Å². The van der Waals surface area contributed by atoms with E-state index in [2.05, 4.69) is 54.6 Å². The van der Waals surface area contributed by atoms with Gasteiger partial charge < -0.3 is 15.3 Å². The molecule has 0 aromatic heterocycles. The highest BCUT2D eigenvalue weighted by Crippen LogP contribution is 2.95. The highest BCUT2D eigenvalue weighted by atomic mass is 16.6. The molecule has 16 saturated carbocycles. The first-order chi connectivity index (χ1) is 53.8. The number of carboxylic acids is 3. The molecule has 6 nitrogen and oxygen atoms in total. The SMILES string of the molecule is O=C(O)C1=C2C3c4c(c5c([14C](=O)O)cc6c7c8c9c%10c%11c%12c%13c%14ccc%15c%16ccc%17c%18c%19c%20c(c4c4c5c6c9c5c%11c(c%13%15)c(c%18%16)c%20c45)C4=C5C%19[C@H]6C%17=CC[C@H]9[C@H]%11CC[C@H]%13[C@H]%15CC=C%14C%14C%12C%12=C%10C%10C8C(C(C(=O)O)C=7)[C@H]7CC[C@H]8[C@H]%16CC[C@@H]2[C@@H]2[C@H]%16[C@@H]%16[C@@H]%17[C@H]8[C@H]7[C@H]%10[C@@H]7[C@H]%12[C@H]([C@H]%14%15)[C@@H]8[C@H]%13[C@H]%11[C@@H]%10[C@@H]([C@H]5[C@@H]([C@H]%16[C@@H]%10[C@@H]8[C@H]%177)[C@@H]2[C@H]43)[C@H]96)=C1. The van der Waals surface area contributed by atoms with E-state index in [9.17, 15) is 15.3 Å². The molecule has 20 bridgehead atoms. The van der Waals surface area contributed by atoms with E-state index in [4.69, 9.17) is 0 Å². The second-order valence-electron chi connectivity index (χ2n) is 45.2. The number of allylic oxidation sites excluding steroid dienone is 9. The van der Waals surface area contributed by atoms with Crippen LogP contribution in [0.15, 0.2) is 64.8 Å². The van der Waals surface area contributed by atoms with Crippen molar-refractivity contribution in [3.05, 3.63) is 125 Å². The second kappa shape index (κ2) is 13.7. The zero-order valence-electron chi connectivity index (χ0n) is 59.7. The van der Waals surface area contributed by atoms with Crippen LogP contribution in [0.5, 0.6) is 0 Å². The summed E-state index contributed by atoms with van der Waals surface area (Å²) in [5.41, 5.74) is 26.0. The lowest BCUT2D eigenvalue weighted by atomic mass is 9.16. The van der Waals surface area contributed by atoms with Gasteiger partial charge in [-0.3, -0.25) is 4.79 Å². The third-order valence-corrected chi connectivity index (χ3v) is 46.5. The average molecular weight is 1410 g/mol. The Morgan fingerprint density at radius 2 is 0.807 bits per heavy atom. The molecule has 3 N–H and O–H groups in total. The van der Waals surface area contributed by atoms with E-state index in [0.717, 1.165) is 92.7 Å². The van der Waals surface area contributed by atoms with Crippen LogP contribution in [0, 0.1) is 225 Å². The van der Waals surface area contributed by atoms with Crippen molar-refractivity contribution < 1.29 is 29.7 Å². The van der Waals surface area contributed by atoms with Gasteiger partial charge in [-0.2, -0.15) is 0 Å². The second-order valence-corrected chi connectivity index (χ2v) is 45.2. The summed E-state index contributed by atoms with van der Waals surface area (Å²) in [4.78, 5) is 47.4. The number of benzene rings is 12. The number of fused-ring (bicyclic) bond motifs is 10. The maximum absolute atomic E-state index is 15.8.